The molecular formula is C20H22N2O4. The van der Waals surface area contributed by atoms with Crippen LogP contribution in [0, 0.1) is 5.41 Å². The Labute approximate surface area is 152 Å². The summed E-state index contributed by atoms with van der Waals surface area (Å²) >= 11 is 0. The zero-order valence-corrected chi connectivity index (χ0v) is 14.8. The molecule has 26 heavy (non-hydrogen) atoms. The fourth-order valence-electron chi connectivity index (χ4n) is 3.61. The molecule has 1 fully saturated rings. The van der Waals surface area contributed by atoms with Gasteiger partial charge in [-0.15, -0.1) is 0 Å². The van der Waals surface area contributed by atoms with Gasteiger partial charge in [0.15, 0.2) is 0 Å². The number of carbonyl (C=O) groups excluding carboxylic acids is 3. The van der Waals surface area contributed by atoms with E-state index >= 15 is 0 Å². The maximum Gasteiger partial charge on any atom is 0.317 e. The molecule has 136 valence electrons. The van der Waals surface area contributed by atoms with Crippen molar-refractivity contribution in [3.8, 4) is 0 Å². The predicted molar refractivity (Wildman–Crippen MR) is 95.8 cm³/mol. The van der Waals surface area contributed by atoms with Crippen molar-refractivity contribution in [2.45, 2.75) is 25.4 Å². The number of likely N-dealkylation sites (tertiary alicyclic amines) is 1. The van der Waals surface area contributed by atoms with E-state index in [1.807, 2.05) is 42.5 Å². The molecule has 3 atom stereocenters. The van der Waals surface area contributed by atoms with Crippen molar-refractivity contribution in [1.82, 2.24) is 10.2 Å². The Balaban J connectivity index is 1.90. The number of benzene rings is 1. The number of hydrogen-bond acceptors (Lipinski definition) is 4. The van der Waals surface area contributed by atoms with Crippen LogP contribution in [0.25, 0.3) is 0 Å². The van der Waals surface area contributed by atoms with Crippen LogP contribution in [0.2, 0.25) is 0 Å². The van der Waals surface area contributed by atoms with Crippen molar-refractivity contribution in [3.05, 3.63) is 60.2 Å². The molecule has 3 unspecified atom stereocenters. The number of nitrogens with zero attached hydrogens (tertiary/aromatic N) is 1. The first-order chi connectivity index (χ1) is 12.5. The van der Waals surface area contributed by atoms with Crippen molar-refractivity contribution in [2.75, 3.05) is 13.7 Å². The summed E-state index contributed by atoms with van der Waals surface area (Å²) in [7, 11) is 1.35. The van der Waals surface area contributed by atoms with Gasteiger partial charge in [0, 0.05) is 13.5 Å². The zero-order valence-electron chi connectivity index (χ0n) is 14.8. The number of amides is 2. The highest BCUT2D eigenvalue weighted by atomic mass is 16.5. The SMILES string of the molecule is COC(=O)C1(CN2C(=O)C(NC(C)=O)C2c2ccccc2)C=CC=CC1. The van der Waals surface area contributed by atoms with Gasteiger partial charge in [-0.05, 0) is 12.0 Å². The molecule has 6 nitrogen and oxygen atoms in total. The Bertz CT molecular complexity index is 771. The Morgan fingerprint density at radius 1 is 1.27 bits per heavy atom. The molecular weight excluding hydrogens is 332 g/mol. The number of hydrogen-bond donors (Lipinski definition) is 1. The summed E-state index contributed by atoms with van der Waals surface area (Å²) in [6.07, 6.45) is 7.82. The number of methoxy groups -OCH3 is 1. The average molecular weight is 354 g/mol. The third-order valence-electron chi connectivity index (χ3n) is 4.89. The number of ether oxygens (including phenoxy) is 1. The second-order valence-electron chi connectivity index (χ2n) is 6.64. The van der Waals surface area contributed by atoms with Gasteiger partial charge in [0.05, 0.1) is 13.2 Å². The van der Waals surface area contributed by atoms with Crippen LogP contribution >= 0.6 is 0 Å². The van der Waals surface area contributed by atoms with Gasteiger partial charge < -0.3 is 15.0 Å². The van der Waals surface area contributed by atoms with E-state index in [0.29, 0.717) is 6.42 Å². The number of allylic oxidation sites excluding steroid dienone is 3. The first kappa shape index (κ1) is 17.9. The molecule has 0 aromatic heterocycles. The van der Waals surface area contributed by atoms with Crippen LogP contribution in [-0.2, 0) is 19.1 Å². The number of esters is 1. The lowest BCUT2D eigenvalue weighted by Gasteiger charge is -2.50. The maximum atomic E-state index is 12.7. The molecule has 6 heteroatoms. The van der Waals surface area contributed by atoms with E-state index in [1.165, 1.54) is 14.0 Å². The van der Waals surface area contributed by atoms with E-state index in [1.54, 1.807) is 17.1 Å². The monoisotopic (exact) mass is 354 g/mol. The molecule has 0 bridgehead atoms. The van der Waals surface area contributed by atoms with Gasteiger partial charge in [-0.1, -0.05) is 54.6 Å². The minimum Gasteiger partial charge on any atom is -0.468 e. The highest BCUT2D eigenvalue weighted by molar-refractivity contribution is 5.94. The molecule has 1 aromatic rings. The average Bonchev–Trinajstić information content (AvgIpc) is 2.67. The van der Waals surface area contributed by atoms with Crippen molar-refractivity contribution < 1.29 is 19.1 Å². The van der Waals surface area contributed by atoms with Gasteiger partial charge >= 0.3 is 5.97 Å². The number of β-lactam (4-membered cyclic amide) rings is 1. The molecule has 0 radical (unpaired) electrons. The fraction of sp³-hybridized carbons (Fsp3) is 0.350. The van der Waals surface area contributed by atoms with Crippen LogP contribution in [-0.4, -0.2) is 42.4 Å². The molecule has 0 spiro atoms. The molecule has 2 aliphatic rings. The topological polar surface area (TPSA) is 75.7 Å². The second kappa shape index (κ2) is 7.15. The maximum absolute atomic E-state index is 12.7. The largest absolute Gasteiger partial charge is 0.468 e. The fourth-order valence-corrected chi connectivity index (χ4v) is 3.61. The molecule has 1 saturated heterocycles. The second-order valence-corrected chi connectivity index (χ2v) is 6.64. The Hall–Kier alpha value is -2.89. The Morgan fingerprint density at radius 3 is 2.58 bits per heavy atom. The molecule has 1 N–H and O–H groups in total. The van der Waals surface area contributed by atoms with E-state index in [4.69, 9.17) is 4.74 Å². The highest BCUT2D eigenvalue weighted by Gasteiger charge is 2.52. The van der Waals surface area contributed by atoms with E-state index in [9.17, 15) is 14.4 Å². The Morgan fingerprint density at radius 2 is 2.00 bits per heavy atom. The molecule has 1 aliphatic heterocycles. The van der Waals surface area contributed by atoms with Crippen molar-refractivity contribution in [1.29, 1.82) is 0 Å². The van der Waals surface area contributed by atoms with Gasteiger partial charge in [0.25, 0.3) is 0 Å². The minimum atomic E-state index is -0.909. The van der Waals surface area contributed by atoms with Gasteiger partial charge in [-0.3, -0.25) is 14.4 Å². The quantitative estimate of drug-likeness (QED) is 0.646. The first-order valence-electron chi connectivity index (χ1n) is 8.54. The third kappa shape index (κ3) is 3.14. The molecule has 1 aliphatic carbocycles. The Kier molecular flexibility index (Phi) is 4.93. The molecule has 1 heterocycles. The lowest BCUT2D eigenvalue weighted by Crippen LogP contribution is -2.67. The van der Waals surface area contributed by atoms with Crippen LogP contribution < -0.4 is 5.32 Å². The zero-order chi connectivity index (χ0) is 18.7. The summed E-state index contributed by atoms with van der Waals surface area (Å²) in [5, 5.41) is 2.72. The lowest BCUT2D eigenvalue weighted by atomic mass is 9.78. The van der Waals surface area contributed by atoms with E-state index < -0.39 is 11.5 Å². The smallest absolute Gasteiger partial charge is 0.317 e. The van der Waals surface area contributed by atoms with Gasteiger partial charge in [-0.2, -0.15) is 0 Å². The van der Waals surface area contributed by atoms with Crippen LogP contribution in [0.5, 0.6) is 0 Å². The first-order valence-corrected chi connectivity index (χ1v) is 8.54. The van der Waals surface area contributed by atoms with E-state index in [2.05, 4.69) is 5.32 Å². The summed E-state index contributed by atoms with van der Waals surface area (Å²) in [6, 6.07) is 8.58. The van der Waals surface area contributed by atoms with Crippen LogP contribution in [0.15, 0.2) is 54.6 Å². The van der Waals surface area contributed by atoms with Crippen LogP contribution in [0.3, 0.4) is 0 Å². The van der Waals surface area contributed by atoms with Gasteiger partial charge in [0.1, 0.15) is 11.5 Å². The third-order valence-corrected chi connectivity index (χ3v) is 4.89. The summed E-state index contributed by atoms with van der Waals surface area (Å²) in [5.74, 6) is -0.826. The van der Waals surface area contributed by atoms with Crippen molar-refractivity contribution in [3.63, 3.8) is 0 Å². The van der Waals surface area contributed by atoms with E-state index in [0.717, 1.165) is 5.56 Å². The van der Waals surface area contributed by atoms with Crippen LogP contribution in [0.4, 0.5) is 0 Å². The number of carbonyl (C=O) groups is 3. The van der Waals surface area contributed by atoms with E-state index in [-0.39, 0.29) is 30.4 Å². The minimum absolute atomic E-state index is 0.194. The lowest BCUT2D eigenvalue weighted by molar-refractivity contribution is -0.162. The summed E-state index contributed by atoms with van der Waals surface area (Å²) < 4.78 is 5.00. The standard InChI is InChI=1S/C20H22N2O4/c1-14(23)21-16-17(15-9-5-3-6-10-15)22(18(16)24)13-20(19(25)26-2)11-7-4-8-12-20/h3-11,16-17H,12-13H2,1-2H3,(H,21,23). The normalized spacial score (nSPS) is 27.0. The number of rotatable bonds is 5. The summed E-state index contributed by atoms with van der Waals surface area (Å²) in [5.41, 5.74) is 0.00843. The van der Waals surface area contributed by atoms with Crippen LogP contribution in [0.1, 0.15) is 24.9 Å². The summed E-state index contributed by atoms with van der Waals surface area (Å²) in [4.78, 5) is 38.3. The molecule has 2 amide bonds. The molecule has 3 rings (SSSR count). The number of nitrogens with one attached hydrogen (secondary N) is 1. The van der Waals surface area contributed by atoms with Crippen molar-refractivity contribution >= 4 is 17.8 Å². The summed E-state index contributed by atoms with van der Waals surface area (Å²) in [6.45, 7) is 1.59. The highest BCUT2D eigenvalue weighted by Crippen LogP contribution is 2.40. The van der Waals surface area contributed by atoms with Gasteiger partial charge in [-0.25, -0.2) is 0 Å². The predicted octanol–water partition coefficient (Wildman–Crippen LogP) is 1.75. The van der Waals surface area contributed by atoms with Gasteiger partial charge in [0.2, 0.25) is 11.8 Å². The molecule has 1 aromatic carbocycles. The van der Waals surface area contributed by atoms with Crippen molar-refractivity contribution in [2.24, 2.45) is 5.41 Å². The molecule has 0 saturated carbocycles.